The van der Waals surface area contributed by atoms with Crippen molar-refractivity contribution < 1.29 is 19.1 Å². The maximum Gasteiger partial charge on any atom is 0.306 e. The smallest absolute Gasteiger partial charge is 0.306 e. The van der Waals surface area contributed by atoms with Gasteiger partial charge in [0, 0.05) is 0 Å². The average molecular weight is 343 g/mol. The van der Waals surface area contributed by atoms with E-state index >= 15 is 0 Å². The zero-order valence-electron chi connectivity index (χ0n) is 16.5. The van der Waals surface area contributed by atoms with Gasteiger partial charge in [0.2, 0.25) is 0 Å². The van der Waals surface area contributed by atoms with E-state index in [1.807, 2.05) is 27.7 Å². The molecule has 4 nitrogen and oxygen atoms in total. The second kappa shape index (κ2) is 13.3. The molecular weight excluding hydrogens is 304 g/mol. The Morgan fingerprint density at radius 3 is 1.88 bits per heavy atom. The molecule has 24 heavy (non-hydrogen) atoms. The first kappa shape index (κ1) is 22.9. The molecule has 0 aromatic heterocycles. The summed E-state index contributed by atoms with van der Waals surface area (Å²) in [6.07, 6.45) is 9.76. The minimum absolute atomic E-state index is 0.0906. The van der Waals surface area contributed by atoms with Gasteiger partial charge in [-0.05, 0) is 18.8 Å². The molecule has 4 heteroatoms. The van der Waals surface area contributed by atoms with E-state index in [9.17, 15) is 9.59 Å². The van der Waals surface area contributed by atoms with Gasteiger partial charge in [0.05, 0.1) is 19.4 Å². The largest absolute Gasteiger partial charge is 0.466 e. The Morgan fingerprint density at radius 1 is 0.833 bits per heavy atom. The molecule has 0 saturated carbocycles. The summed E-state index contributed by atoms with van der Waals surface area (Å²) in [5.74, 6) is -0.639. The summed E-state index contributed by atoms with van der Waals surface area (Å²) >= 11 is 0. The van der Waals surface area contributed by atoms with Crippen molar-refractivity contribution in [3.8, 4) is 0 Å². The average Bonchev–Trinajstić information content (AvgIpc) is 2.50. The molecule has 1 atom stereocenters. The van der Waals surface area contributed by atoms with Crippen LogP contribution in [0.5, 0.6) is 0 Å². The van der Waals surface area contributed by atoms with E-state index in [1.54, 1.807) is 0 Å². The molecule has 142 valence electrons. The Labute approximate surface area is 148 Å². The fraction of sp³-hybridized carbons (Fsp3) is 0.900. The summed E-state index contributed by atoms with van der Waals surface area (Å²) in [6, 6.07) is 0. The van der Waals surface area contributed by atoms with Gasteiger partial charge in [-0.2, -0.15) is 0 Å². The highest BCUT2D eigenvalue weighted by Gasteiger charge is 2.23. The predicted molar refractivity (Wildman–Crippen MR) is 97.8 cm³/mol. The van der Waals surface area contributed by atoms with Crippen LogP contribution in [0.1, 0.15) is 98.8 Å². The third kappa shape index (κ3) is 13.4. The molecule has 0 saturated heterocycles. The van der Waals surface area contributed by atoms with E-state index in [4.69, 9.17) is 9.47 Å². The van der Waals surface area contributed by atoms with Gasteiger partial charge in [-0.15, -0.1) is 0 Å². The van der Waals surface area contributed by atoms with Crippen LogP contribution in [0.15, 0.2) is 0 Å². The maximum atomic E-state index is 11.7. The van der Waals surface area contributed by atoms with E-state index in [1.165, 1.54) is 38.5 Å². The minimum Gasteiger partial charge on any atom is -0.466 e. The molecule has 0 aromatic carbocycles. The Hall–Kier alpha value is -1.06. The molecule has 0 aliphatic rings. The van der Waals surface area contributed by atoms with Crippen LogP contribution in [0.2, 0.25) is 0 Å². The minimum atomic E-state index is -0.332. The lowest BCUT2D eigenvalue weighted by Crippen LogP contribution is -2.28. The lowest BCUT2D eigenvalue weighted by molar-refractivity contribution is -0.156. The van der Waals surface area contributed by atoms with Crippen LogP contribution in [0.4, 0.5) is 0 Å². The number of hydrogen-bond donors (Lipinski definition) is 0. The van der Waals surface area contributed by atoms with E-state index in [0.717, 1.165) is 12.8 Å². The van der Waals surface area contributed by atoms with Crippen LogP contribution in [0.25, 0.3) is 0 Å². The van der Waals surface area contributed by atoms with Gasteiger partial charge >= 0.3 is 11.9 Å². The normalized spacial score (nSPS) is 12.7. The second-order valence-corrected chi connectivity index (χ2v) is 7.69. The fourth-order valence-corrected chi connectivity index (χ4v) is 2.13. The first-order valence-electron chi connectivity index (χ1n) is 9.62. The summed E-state index contributed by atoms with van der Waals surface area (Å²) in [7, 11) is 0. The first-order chi connectivity index (χ1) is 11.3. The van der Waals surface area contributed by atoms with Crippen molar-refractivity contribution in [3.05, 3.63) is 0 Å². The Balaban J connectivity index is 3.55. The highest BCUT2D eigenvalue weighted by molar-refractivity contribution is 5.77. The summed E-state index contributed by atoms with van der Waals surface area (Å²) in [5.41, 5.74) is -0.0906. The van der Waals surface area contributed by atoms with Crippen molar-refractivity contribution in [2.75, 3.05) is 6.61 Å². The van der Waals surface area contributed by atoms with Crippen LogP contribution in [0, 0.1) is 5.41 Å². The van der Waals surface area contributed by atoms with Crippen molar-refractivity contribution in [1.29, 1.82) is 0 Å². The fourth-order valence-electron chi connectivity index (χ4n) is 2.13. The molecular formula is C20H38O4. The summed E-state index contributed by atoms with van der Waals surface area (Å²) in [5, 5.41) is 0. The van der Waals surface area contributed by atoms with E-state index in [-0.39, 0.29) is 36.3 Å². The predicted octanol–water partition coefficient (Wildman–Crippen LogP) is 5.43. The summed E-state index contributed by atoms with van der Waals surface area (Å²) in [4.78, 5) is 23.3. The second-order valence-electron chi connectivity index (χ2n) is 7.69. The van der Waals surface area contributed by atoms with Gasteiger partial charge in [-0.3, -0.25) is 9.59 Å². The molecule has 0 aliphatic carbocycles. The summed E-state index contributed by atoms with van der Waals surface area (Å²) < 4.78 is 10.5. The zero-order valence-corrected chi connectivity index (χ0v) is 16.5. The van der Waals surface area contributed by atoms with Crippen LogP contribution < -0.4 is 0 Å². The number of carbonyl (C=O) groups excluding carboxylic acids is 2. The number of hydrogen-bond acceptors (Lipinski definition) is 4. The molecule has 0 amide bonds. The zero-order chi connectivity index (χ0) is 18.4. The molecule has 0 N–H and O–H groups in total. The monoisotopic (exact) mass is 342 g/mol. The Bertz CT molecular complexity index is 344. The standard InChI is InChI=1S/C20H38O4/c1-6-7-8-9-10-11-12-13-16-23-18(21)14-15-19(22)24-17(2)20(3,4)5/h17H,6-16H2,1-5H3. The molecule has 0 fully saturated rings. The molecule has 0 bridgehead atoms. The highest BCUT2D eigenvalue weighted by Crippen LogP contribution is 2.22. The van der Waals surface area contributed by atoms with Crippen molar-refractivity contribution in [3.63, 3.8) is 0 Å². The Kier molecular flexibility index (Phi) is 12.7. The van der Waals surface area contributed by atoms with E-state index in [0.29, 0.717) is 6.61 Å². The van der Waals surface area contributed by atoms with Crippen molar-refractivity contribution >= 4 is 11.9 Å². The number of ether oxygens (including phenoxy) is 2. The van der Waals surface area contributed by atoms with Crippen molar-refractivity contribution in [2.45, 2.75) is 105 Å². The molecule has 0 aliphatic heterocycles. The number of rotatable bonds is 13. The van der Waals surface area contributed by atoms with Crippen molar-refractivity contribution in [1.82, 2.24) is 0 Å². The lowest BCUT2D eigenvalue weighted by atomic mass is 9.90. The quantitative estimate of drug-likeness (QED) is 0.331. The van der Waals surface area contributed by atoms with Crippen LogP contribution in [-0.2, 0) is 19.1 Å². The first-order valence-corrected chi connectivity index (χ1v) is 9.62. The van der Waals surface area contributed by atoms with E-state index < -0.39 is 0 Å². The molecule has 0 rings (SSSR count). The van der Waals surface area contributed by atoms with Gasteiger partial charge in [-0.1, -0.05) is 72.6 Å². The molecule has 0 spiro atoms. The Morgan fingerprint density at radius 2 is 1.33 bits per heavy atom. The molecule has 1 unspecified atom stereocenters. The SMILES string of the molecule is CCCCCCCCCCOC(=O)CCC(=O)OC(C)C(C)(C)C. The van der Waals surface area contributed by atoms with Crippen LogP contribution in [0.3, 0.4) is 0 Å². The van der Waals surface area contributed by atoms with Crippen LogP contribution in [-0.4, -0.2) is 24.6 Å². The summed E-state index contributed by atoms with van der Waals surface area (Å²) in [6.45, 7) is 10.6. The maximum absolute atomic E-state index is 11.7. The number of esters is 2. The third-order valence-electron chi connectivity index (χ3n) is 4.32. The molecule has 0 aromatic rings. The van der Waals surface area contributed by atoms with Crippen molar-refractivity contribution in [2.24, 2.45) is 5.41 Å². The molecule has 0 heterocycles. The third-order valence-corrected chi connectivity index (χ3v) is 4.32. The topological polar surface area (TPSA) is 52.6 Å². The van der Waals surface area contributed by atoms with E-state index in [2.05, 4.69) is 6.92 Å². The van der Waals surface area contributed by atoms with Gasteiger partial charge in [-0.25, -0.2) is 0 Å². The van der Waals surface area contributed by atoms with Gasteiger partial charge < -0.3 is 9.47 Å². The van der Waals surface area contributed by atoms with Crippen LogP contribution >= 0.6 is 0 Å². The lowest BCUT2D eigenvalue weighted by Gasteiger charge is -2.26. The van der Waals surface area contributed by atoms with Gasteiger partial charge in [0.15, 0.2) is 0 Å². The molecule has 0 radical (unpaired) electrons. The number of unbranched alkanes of at least 4 members (excludes halogenated alkanes) is 7. The number of carbonyl (C=O) groups is 2. The van der Waals surface area contributed by atoms with Gasteiger partial charge in [0.25, 0.3) is 0 Å². The highest BCUT2D eigenvalue weighted by atomic mass is 16.5. The van der Waals surface area contributed by atoms with Gasteiger partial charge in [0.1, 0.15) is 6.10 Å².